The molecule has 7 heteroatoms. The maximum atomic E-state index is 12.7. The van der Waals surface area contributed by atoms with Gasteiger partial charge in [-0.25, -0.2) is 4.98 Å². The molecule has 0 atom stereocenters. The zero-order valence-electron chi connectivity index (χ0n) is 14.0. The number of amides is 1. The van der Waals surface area contributed by atoms with Crippen molar-refractivity contribution in [2.24, 2.45) is 0 Å². The minimum Gasteiger partial charge on any atom is -0.355 e. The van der Waals surface area contributed by atoms with Crippen molar-refractivity contribution in [1.82, 2.24) is 15.0 Å². The first-order chi connectivity index (χ1) is 12.7. The number of nitrogens with zero attached hydrogens (tertiary/aromatic N) is 4. The van der Waals surface area contributed by atoms with Gasteiger partial charge in [0.25, 0.3) is 5.91 Å². The van der Waals surface area contributed by atoms with Gasteiger partial charge >= 0.3 is 0 Å². The second-order valence-corrected chi connectivity index (χ2v) is 6.49. The van der Waals surface area contributed by atoms with Crippen LogP contribution in [0.1, 0.15) is 10.5 Å². The fraction of sp³-hybridized carbons (Fsp3) is 0.211. The summed E-state index contributed by atoms with van der Waals surface area (Å²) in [7, 11) is 0. The number of carbonyl (C=O) groups is 1. The van der Waals surface area contributed by atoms with E-state index < -0.39 is 0 Å². The van der Waals surface area contributed by atoms with Crippen molar-refractivity contribution in [3.8, 4) is 11.3 Å². The van der Waals surface area contributed by atoms with E-state index >= 15 is 0 Å². The molecule has 0 spiro atoms. The van der Waals surface area contributed by atoms with Crippen LogP contribution < -0.4 is 4.90 Å². The van der Waals surface area contributed by atoms with Crippen LogP contribution in [0.2, 0.25) is 5.02 Å². The predicted octanol–water partition coefficient (Wildman–Crippen LogP) is 3.35. The first-order valence-corrected chi connectivity index (χ1v) is 8.76. The molecule has 0 bridgehead atoms. The normalized spacial score (nSPS) is 14.5. The summed E-state index contributed by atoms with van der Waals surface area (Å²) in [5.74, 6) is 1.37. The molecule has 0 N–H and O–H groups in total. The zero-order chi connectivity index (χ0) is 17.9. The molecule has 1 amide bonds. The van der Waals surface area contributed by atoms with Crippen molar-refractivity contribution in [3.63, 3.8) is 0 Å². The molecule has 2 aromatic heterocycles. The lowest BCUT2D eigenvalue weighted by atomic mass is 10.1. The summed E-state index contributed by atoms with van der Waals surface area (Å²) in [5.41, 5.74) is 1.15. The molecule has 1 saturated heterocycles. The molecule has 132 valence electrons. The lowest BCUT2D eigenvalue weighted by molar-refractivity contribution is 0.0736. The van der Waals surface area contributed by atoms with E-state index in [0.29, 0.717) is 29.6 Å². The summed E-state index contributed by atoms with van der Waals surface area (Å²) < 4.78 is 5.33. The van der Waals surface area contributed by atoms with Crippen molar-refractivity contribution in [1.29, 1.82) is 0 Å². The third-order valence-electron chi connectivity index (χ3n) is 4.40. The fourth-order valence-electron chi connectivity index (χ4n) is 2.97. The Balaban J connectivity index is 1.42. The monoisotopic (exact) mass is 368 g/mol. The standard InChI is InChI=1S/C19H17ClN4O2/c20-15-6-4-14(5-7-15)17-13-16(22-26-17)19(25)24-11-9-23(10-12-24)18-3-1-2-8-21-18/h1-8,13H,9-12H2. The van der Waals surface area contributed by atoms with Crippen molar-refractivity contribution in [3.05, 3.63) is 65.4 Å². The van der Waals surface area contributed by atoms with Gasteiger partial charge in [0.05, 0.1) is 0 Å². The van der Waals surface area contributed by atoms with Gasteiger partial charge in [-0.05, 0) is 36.4 Å². The molecular formula is C19H17ClN4O2. The van der Waals surface area contributed by atoms with Crippen LogP contribution in [0.5, 0.6) is 0 Å². The van der Waals surface area contributed by atoms with Gasteiger partial charge in [0, 0.05) is 49.0 Å². The Labute approximate surface area is 156 Å². The summed E-state index contributed by atoms with van der Waals surface area (Å²) in [6.07, 6.45) is 1.78. The van der Waals surface area contributed by atoms with Crippen molar-refractivity contribution < 1.29 is 9.32 Å². The number of rotatable bonds is 3. The van der Waals surface area contributed by atoms with Crippen LogP contribution in [-0.4, -0.2) is 47.1 Å². The number of benzene rings is 1. The van der Waals surface area contributed by atoms with E-state index in [1.165, 1.54) is 0 Å². The number of carbonyl (C=O) groups excluding carboxylic acids is 1. The molecule has 3 aromatic rings. The van der Waals surface area contributed by atoms with Crippen LogP contribution in [0.25, 0.3) is 11.3 Å². The maximum absolute atomic E-state index is 12.7. The highest BCUT2D eigenvalue weighted by Crippen LogP contribution is 2.23. The van der Waals surface area contributed by atoms with Crippen LogP contribution in [0, 0.1) is 0 Å². The molecule has 0 unspecified atom stereocenters. The van der Waals surface area contributed by atoms with E-state index in [-0.39, 0.29) is 5.91 Å². The first kappa shape index (κ1) is 16.6. The Kier molecular flexibility index (Phi) is 4.58. The van der Waals surface area contributed by atoms with E-state index in [1.54, 1.807) is 29.3 Å². The molecule has 6 nitrogen and oxygen atoms in total. The second kappa shape index (κ2) is 7.17. The van der Waals surface area contributed by atoms with Crippen LogP contribution in [0.15, 0.2) is 59.3 Å². The quantitative estimate of drug-likeness (QED) is 0.709. The maximum Gasteiger partial charge on any atom is 0.276 e. The van der Waals surface area contributed by atoms with Gasteiger partial charge in [-0.1, -0.05) is 22.8 Å². The Morgan fingerprint density at radius 2 is 1.81 bits per heavy atom. The molecule has 0 aliphatic carbocycles. The molecule has 3 heterocycles. The van der Waals surface area contributed by atoms with Crippen molar-refractivity contribution >= 4 is 23.3 Å². The van der Waals surface area contributed by atoms with Gasteiger partial charge in [0.15, 0.2) is 11.5 Å². The Hall–Kier alpha value is -2.86. The molecule has 1 aromatic carbocycles. The highest BCUT2D eigenvalue weighted by molar-refractivity contribution is 6.30. The average Bonchev–Trinajstić information content (AvgIpc) is 3.19. The minimum atomic E-state index is -0.116. The van der Waals surface area contributed by atoms with Crippen LogP contribution >= 0.6 is 11.6 Å². The fourth-order valence-corrected chi connectivity index (χ4v) is 3.09. The van der Waals surface area contributed by atoms with Gasteiger partial charge in [-0.15, -0.1) is 0 Å². The van der Waals surface area contributed by atoms with Gasteiger partial charge < -0.3 is 14.3 Å². The molecule has 1 aliphatic rings. The van der Waals surface area contributed by atoms with Crippen LogP contribution in [0.4, 0.5) is 5.82 Å². The third kappa shape index (κ3) is 3.41. The molecular weight excluding hydrogens is 352 g/mol. The number of hydrogen-bond acceptors (Lipinski definition) is 5. The predicted molar refractivity (Wildman–Crippen MR) is 99.3 cm³/mol. The highest BCUT2D eigenvalue weighted by Gasteiger charge is 2.25. The minimum absolute atomic E-state index is 0.116. The van der Waals surface area contributed by atoms with Gasteiger partial charge in [-0.3, -0.25) is 4.79 Å². The smallest absolute Gasteiger partial charge is 0.276 e. The Morgan fingerprint density at radius 1 is 1.04 bits per heavy atom. The molecule has 1 fully saturated rings. The number of piperazine rings is 1. The zero-order valence-corrected chi connectivity index (χ0v) is 14.8. The summed E-state index contributed by atoms with van der Waals surface area (Å²) >= 11 is 5.90. The summed E-state index contributed by atoms with van der Waals surface area (Å²) in [6, 6.07) is 14.7. The first-order valence-electron chi connectivity index (χ1n) is 8.38. The lowest BCUT2D eigenvalue weighted by Crippen LogP contribution is -2.49. The SMILES string of the molecule is O=C(c1cc(-c2ccc(Cl)cc2)on1)N1CCN(c2ccccn2)CC1. The van der Waals surface area contributed by atoms with E-state index in [9.17, 15) is 4.79 Å². The Bertz CT molecular complexity index is 887. The highest BCUT2D eigenvalue weighted by atomic mass is 35.5. The summed E-state index contributed by atoms with van der Waals surface area (Å²) in [5, 5.41) is 4.59. The number of anilines is 1. The Morgan fingerprint density at radius 3 is 2.50 bits per heavy atom. The van der Waals surface area contributed by atoms with Crippen molar-refractivity contribution in [2.45, 2.75) is 0 Å². The topological polar surface area (TPSA) is 62.5 Å². The van der Waals surface area contributed by atoms with Crippen LogP contribution in [-0.2, 0) is 0 Å². The van der Waals surface area contributed by atoms with Gasteiger partial charge in [-0.2, -0.15) is 0 Å². The molecule has 4 rings (SSSR count). The van der Waals surface area contributed by atoms with E-state index in [0.717, 1.165) is 24.5 Å². The molecule has 26 heavy (non-hydrogen) atoms. The molecule has 1 aliphatic heterocycles. The van der Waals surface area contributed by atoms with E-state index in [1.807, 2.05) is 30.3 Å². The number of hydrogen-bond donors (Lipinski definition) is 0. The average molecular weight is 369 g/mol. The molecule has 0 saturated carbocycles. The summed E-state index contributed by atoms with van der Waals surface area (Å²) in [6.45, 7) is 2.73. The van der Waals surface area contributed by atoms with Crippen LogP contribution in [0.3, 0.4) is 0 Å². The lowest BCUT2D eigenvalue weighted by Gasteiger charge is -2.34. The largest absolute Gasteiger partial charge is 0.355 e. The summed E-state index contributed by atoms with van der Waals surface area (Å²) in [4.78, 5) is 21.0. The van der Waals surface area contributed by atoms with E-state index in [2.05, 4.69) is 15.0 Å². The van der Waals surface area contributed by atoms with Gasteiger partial charge in [0.2, 0.25) is 0 Å². The third-order valence-corrected chi connectivity index (χ3v) is 4.65. The number of pyridine rings is 1. The van der Waals surface area contributed by atoms with Gasteiger partial charge in [0.1, 0.15) is 5.82 Å². The van der Waals surface area contributed by atoms with Crippen molar-refractivity contribution in [2.75, 3.05) is 31.1 Å². The second-order valence-electron chi connectivity index (χ2n) is 6.05. The molecule has 0 radical (unpaired) electrons. The van der Waals surface area contributed by atoms with E-state index in [4.69, 9.17) is 16.1 Å². The number of aromatic nitrogens is 2. The number of halogens is 1.